The van der Waals surface area contributed by atoms with Crippen LogP contribution in [0.15, 0.2) is 118 Å². The van der Waals surface area contributed by atoms with Gasteiger partial charge in [-0.1, -0.05) is 96.3 Å². The molecule has 6 aromatic rings. The zero-order chi connectivity index (χ0) is 27.5. The van der Waals surface area contributed by atoms with E-state index >= 15 is 0 Å². The lowest BCUT2D eigenvalue weighted by atomic mass is 9.83. The normalized spacial score (nSPS) is 16.3. The van der Waals surface area contributed by atoms with Crippen LogP contribution < -0.4 is 14.9 Å². The molecule has 1 aliphatic carbocycles. The minimum Gasteiger partial charge on any atom is -0.354 e. The number of rotatable bonds is 3. The highest BCUT2D eigenvalue weighted by molar-refractivity contribution is 7.07. The summed E-state index contributed by atoms with van der Waals surface area (Å²) in [5.41, 5.74) is 9.24. The van der Waals surface area contributed by atoms with Crippen LogP contribution in [0.1, 0.15) is 34.7 Å². The van der Waals surface area contributed by atoms with E-state index < -0.39 is 0 Å². The monoisotopic (exact) mass is 553 g/mol. The molecule has 0 radical (unpaired) electrons. The summed E-state index contributed by atoms with van der Waals surface area (Å²) in [6.07, 6.45) is 3.67. The highest BCUT2D eigenvalue weighted by atomic mass is 32.1. The van der Waals surface area contributed by atoms with Gasteiger partial charge < -0.3 is 4.98 Å². The van der Waals surface area contributed by atoms with E-state index in [0.717, 1.165) is 63.0 Å². The second-order valence-electron chi connectivity index (χ2n) is 10.5. The van der Waals surface area contributed by atoms with Crippen molar-refractivity contribution in [2.45, 2.75) is 18.9 Å². The van der Waals surface area contributed by atoms with Gasteiger partial charge in [0, 0.05) is 22.0 Å². The number of nitrogens with one attached hydrogen (secondary N) is 1. The van der Waals surface area contributed by atoms with Crippen LogP contribution in [0.3, 0.4) is 0 Å². The third kappa shape index (κ3) is 3.86. The first-order chi connectivity index (χ1) is 20.2. The van der Waals surface area contributed by atoms with Crippen molar-refractivity contribution in [3.63, 3.8) is 0 Å². The maximum Gasteiger partial charge on any atom is 0.271 e. The first-order valence-electron chi connectivity index (χ1n) is 13.7. The van der Waals surface area contributed by atoms with Crippen molar-refractivity contribution < 1.29 is 4.39 Å². The zero-order valence-corrected chi connectivity index (χ0v) is 22.8. The first kappa shape index (κ1) is 24.0. The van der Waals surface area contributed by atoms with Crippen LogP contribution >= 0.6 is 11.3 Å². The van der Waals surface area contributed by atoms with E-state index in [1.807, 2.05) is 47.0 Å². The molecule has 0 bridgehead atoms. The molecule has 198 valence electrons. The second kappa shape index (κ2) is 9.39. The molecule has 0 amide bonds. The molecule has 2 aliphatic rings. The lowest BCUT2D eigenvalue weighted by Crippen LogP contribution is -2.38. The van der Waals surface area contributed by atoms with Crippen LogP contribution in [0.4, 0.5) is 4.39 Å². The highest BCUT2D eigenvalue weighted by Gasteiger charge is 2.32. The van der Waals surface area contributed by atoms with Crippen molar-refractivity contribution in [3.8, 4) is 11.3 Å². The minimum atomic E-state index is -0.339. The number of benzene rings is 4. The summed E-state index contributed by atoms with van der Waals surface area (Å²) >= 11 is 1.41. The van der Waals surface area contributed by atoms with Crippen LogP contribution in [0.5, 0.6) is 0 Å². The number of aromatic nitrogens is 2. The molecule has 8 rings (SSSR count). The Morgan fingerprint density at radius 2 is 1.63 bits per heavy atom. The number of nitrogens with zero attached hydrogens (tertiary/aromatic N) is 2. The van der Waals surface area contributed by atoms with Crippen molar-refractivity contribution >= 4 is 34.0 Å². The Morgan fingerprint density at radius 3 is 2.49 bits per heavy atom. The number of H-pyrrole nitrogens is 1. The van der Waals surface area contributed by atoms with E-state index in [1.165, 1.54) is 29.0 Å². The Morgan fingerprint density at radius 1 is 0.878 bits per heavy atom. The number of fused-ring (bicyclic) bond motifs is 4. The average Bonchev–Trinajstić information content (AvgIpc) is 3.54. The topological polar surface area (TPSA) is 50.1 Å². The van der Waals surface area contributed by atoms with Gasteiger partial charge in [-0.3, -0.25) is 9.36 Å². The number of allylic oxidation sites excluding steroid dienone is 1. The molecular formula is C35H24FN3OS. The molecule has 2 aromatic heterocycles. The maximum atomic E-state index is 14.3. The SMILES string of the molecule is O=c1/c(=C\c2c(-c3ccccc3)[nH]c3ccccc23)sc2n1[C@@H](c1ccc(F)cc1)C1=C(N=2)c2ccccc2CC1. The van der Waals surface area contributed by atoms with Crippen molar-refractivity contribution in [2.75, 3.05) is 0 Å². The van der Waals surface area contributed by atoms with Gasteiger partial charge in [0.15, 0.2) is 4.80 Å². The third-order valence-electron chi connectivity index (χ3n) is 8.14. The molecule has 0 unspecified atom stereocenters. The van der Waals surface area contributed by atoms with Crippen LogP contribution in [0, 0.1) is 5.82 Å². The summed E-state index contributed by atoms with van der Waals surface area (Å²) in [6, 6.07) is 32.9. The Kier molecular flexibility index (Phi) is 5.50. The van der Waals surface area contributed by atoms with Gasteiger partial charge in [0.05, 0.1) is 22.0 Å². The van der Waals surface area contributed by atoms with Crippen LogP contribution in [0.2, 0.25) is 0 Å². The molecule has 1 atom stereocenters. The smallest absolute Gasteiger partial charge is 0.271 e. The molecular weight excluding hydrogens is 529 g/mol. The van der Waals surface area contributed by atoms with Crippen LogP contribution in [0.25, 0.3) is 33.9 Å². The summed E-state index contributed by atoms with van der Waals surface area (Å²) in [6.45, 7) is 0. The number of para-hydroxylation sites is 1. The standard InChI is InChI=1S/C35H24FN3OS/c36-24-17-14-23(15-18-24)33-27-19-16-21-8-4-5-11-25(21)32(27)38-35-39(33)34(40)30(41-35)20-28-26-12-6-7-13-29(26)37-31(28)22-9-2-1-3-10-22/h1-15,17-18,20,33,37H,16,19H2/b30-20+/t33-/m0/s1. The molecule has 0 saturated carbocycles. The summed E-state index contributed by atoms with van der Waals surface area (Å²) in [7, 11) is 0. The maximum absolute atomic E-state index is 14.3. The Balaban J connectivity index is 1.40. The van der Waals surface area contributed by atoms with E-state index in [2.05, 4.69) is 47.4 Å². The molecule has 4 aromatic carbocycles. The van der Waals surface area contributed by atoms with Gasteiger partial charge in [-0.15, -0.1) is 0 Å². The number of aromatic amines is 1. The van der Waals surface area contributed by atoms with Crippen molar-refractivity contribution in [2.24, 2.45) is 4.99 Å². The highest BCUT2D eigenvalue weighted by Crippen LogP contribution is 2.41. The largest absolute Gasteiger partial charge is 0.354 e. The average molecular weight is 554 g/mol. The molecule has 4 nitrogen and oxygen atoms in total. The van der Waals surface area contributed by atoms with E-state index in [9.17, 15) is 9.18 Å². The predicted octanol–water partition coefficient (Wildman–Crippen LogP) is 6.61. The van der Waals surface area contributed by atoms with Crippen molar-refractivity contribution in [3.05, 3.63) is 156 Å². The van der Waals surface area contributed by atoms with Gasteiger partial charge in [-0.2, -0.15) is 0 Å². The summed E-state index contributed by atoms with van der Waals surface area (Å²) in [5.74, 6) is -0.294. The second-order valence-corrected chi connectivity index (χ2v) is 11.5. The van der Waals surface area contributed by atoms with Gasteiger partial charge in [-0.05, 0) is 59.4 Å². The van der Waals surface area contributed by atoms with Crippen molar-refractivity contribution in [1.29, 1.82) is 0 Å². The quantitative estimate of drug-likeness (QED) is 0.264. The van der Waals surface area contributed by atoms with E-state index in [1.54, 1.807) is 12.1 Å². The summed E-state index contributed by atoms with van der Waals surface area (Å²) in [5, 5.41) is 1.06. The predicted molar refractivity (Wildman–Crippen MR) is 163 cm³/mol. The first-order valence-corrected chi connectivity index (χ1v) is 14.5. The van der Waals surface area contributed by atoms with Crippen molar-refractivity contribution in [1.82, 2.24) is 9.55 Å². The fourth-order valence-electron chi connectivity index (χ4n) is 6.24. The number of halogens is 1. The fourth-order valence-corrected chi connectivity index (χ4v) is 7.23. The van der Waals surface area contributed by atoms with Crippen LogP contribution in [-0.2, 0) is 6.42 Å². The molecule has 41 heavy (non-hydrogen) atoms. The molecule has 1 aliphatic heterocycles. The molecule has 6 heteroatoms. The number of aryl methyl sites for hydroxylation is 1. The fraction of sp³-hybridized carbons (Fsp3) is 0.0857. The molecule has 0 saturated heterocycles. The molecule has 3 heterocycles. The molecule has 0 fully saturated rings. The zero-order valence-electron chi connectivity index (χ0n) is 22.0. The summed E-state index contributed by atoms with van der Waals surface area (Å²) in [4.78, 5) is 23.6. The Hall–Kier alpha value is -4.81. The van der Waals surface area contributed by atoms with Crippen LogP contribution in [-0.4, -0.2) is 9.55 Å². The Bertz CT molecular complexity index is 2190. The lowest BCUT2D eigenvalue weighted by molar-refractivity contribution is 0.581. The summed E-state index contributed by atoms with van der Waals surface area (Å²) < 4.78 is 16.4. The number of hydrogen-bond donors (Lipinski definition) is 1. The van der Waals surface area contributed by atoms with Gasteiger partial charge in [0.2, 0.25) is 0 Å². The van der Waals surface area contributed by atoms with Gasteiger partial charge in [-0.25, -0.2) is 9.38 Å². The van der Waals surface area contributed by atoms with E-state index in [0.29, 0.717) is 9.33 Å². The lowest BCUT2D eigenvalue weighted by Gasteiger charge is -2.30. The molecule has 0 spiro atoms. The van der Waals surface area contributed by atoms with Gasteiger partial charge in [0.1, 0.15) is 5.82 Å². The Labute approximate surface area is 239 Å². The van der Waals surface area contributed by atoms with Gasteiger partial charge in [0.25, 0.3) is 5.56 Å². The number of hydrogen-bond acceptors (Lipinski definition) is 3. The minimum absolute atomic E-state index is 0.0854. The van der Waals surface area contributed by atoms with E-state index in [4.69, 9.17) is 4.99 Å². The molecule has 1 N–H and O–H groups in total. The van der Waals surface area contributed by atoms with Gasteiger partial charge >= 0.3 is 0 Å². The third-order valence-corrected chi connectivity index (χ3v) is 9.13. The van der Waals surface area contributed by atoms with E-state index in [-0.39, 0.29) is 17.4 Å². The number of thiazole rings is 1.